The van der Waals surface area contributed by atoms with Crippen LogP contribution in [0.2, 0.25) is 0 Å². The fourth-order valence-electron chi connectivity index (χ4n) is 9.39. The van der Waals surface area contributed by atoms with Crippen molar-refractivity contribution in [3.8, 4) is 28.4 Å². The van der Waals surface area contributed by atoms with Gasteiger partial charge in [-0.3, -0.25) is 0 Å². The number of benzene rings is 7. The van der Waals surface area contributed by atoms with Crippen molar-refractivity contribution >= 4 is 44.6 Å². The molecule has 0 bridgehead atoms. The van der Waals surface area contributed by atoms with Gasteiger partial charge in [0.05, 0.1) is 0 Å². The van der Waals surface area contributed by atoms with E-state index in [1.165, 1.54) is 27.8 Å². The van der Waals surface area contributed by atoms with Gasteiger partial charge >= 0.3 is 21.1 Å². The molecule has 0 amide bonds. The molecule has 9 aromatic rings. The standard InChI is InChI=1S/C63H61N4O.CH3.Pt/c1-60(2,3)45-26-30-56-58(37-45)66(41-65(56)49-24-18-23-47(34-49)63(10,11)44-21-16-13-17-22-44)50-35-48(62(7,8)9)36-52(39-50)68-51-27-28-53-54-33-43(42-19-14-12-15-20-42)25-29-55(54)67(57(53)40-51)59-38-46(31-32-64-59)61(4,5)6;;/h12-38,41H,1-11H3;1H3;/q-3;-1;+4. The van der Waals surface area contributed by atoms with E-state index in [9.17, 15) is 0 Å². The number of rotatable bonds is 8. The third-order valence-corrected chi connectivity index (χ3v) is 13.7. The van der Waals surface area contributed by atoms with Crippen LogP contribution in [0.1, 0.15) is 104 Å². The van der Waals surface area contributed by atoms with Crippen LogP contribution in [-0.2, 0) is 42.7 Å². The number of nitrogens with zero attached hydrogens (tertiary/aromatic N) is 4. The Hall–Kier alpha value is -6.42. The van der Waals surface area contributed by atoms with Crippen molar-refractivity contribution in [1.82, 2.24) is 9.55 Å². The van der Waals surface area contributed by atoms with Gasteiger partial charge in [-0.2, -0.15) is 6.07 Å². The van der Waals surface area contributed by atoms with Gasteiger partial charge in [-0.05, 0) is 97.5 Å². The van der Waals surface area contributed by atoms with E-state index in [0.717, 1.165) is 61.5 Å². The first kappa shape index (κ1) is 50.0. The molecule has 0 radical (unpaired) electrons. The zero-order valence-electron chi connectivity index (χ0n) is 42.7. The van der Waals surface area contributed by atoms with Crippen LogP contribution in [0.5, 0.6) is 11.5 Å². The topological polar surface area (TPSA) is 33.5 Å². The van der Waals surface area contributed by atoms with Gasteiger partial charge < -0.3 is 26.5 Å². The molecule has 0 atom stereocenters. The maximum atomic E-state index is 6.95. The first-order valence-electron chi connectivity index (χ1n) is 23.9. The first-order chi connectivity index (χ1) is 32.3. The van der Waals surface area contributed by atoms with E-state index in [1.807, 2.05) is 12.3 Å². The minimum Gasteiger partial charge on any atom is -0.509 e. The molecule has 0 saturated heterocycles. The van der Waals surface area contributed by atoms with E-state index in [0.29, 0.717) is 11.5 Å². The molecular weight excluding hydrogens is 1040 g/mol. The molecule has 6 heteroatoms. The monoisotopic (exact) mass is 1100 g/mol. The molecule has 1 aliphatic rings. The summed E-state index contributed by atoms with van der Waals surface area (Å²) in [7, 11) is 0. The average molecular weight is 1100 g/mol. The fourth-order valence-corrected chi connectivity index (χ4v) is 9.39. The molecule has 10 rings (SSSR count). The van der Waals surface area contributed by atoms with Crippen molar-refractivity contribution in [2.45, 2.75) is 97.8 Å². The molecule has 0 N–H and O–H groups in total. The zero-order valence-corrected chi connectivity index (χ0v) is 45.0. The van der Waals surface area contributed by atoms with Crippen LogP contribution in [0, 0.1) is 26.2 Å². The maximum absolute atomic E-state index is 6.95. The number of fused-ring (bicyclic) bond motifs is 4. The van der Waals surface area contributed by atoms with Crippen molar-refractivity contribution in [2.24, 2.45) is 0 Å². The zero-order chi connectivity index (χ0) is 47.8. The smallest absolute Gasteiger partial charge is 0.509 e. The van der Waals surface area contributed by atoms with Crippen molar-refractivity contribution < 1.29 is 25.8 Å². The van der Waals surface area contributed by atoms with Crippen molar-refractivity contribution in [3.05, 3.63) is 218 Å². The van der Waals surface area contributed by atoms with Gasteiger partial charge in [-0.15, -0.1) is 53.6 Å². The van der Waals surface area contributed by atoms with E-state index in [2.05, 4.69) is 261 Å². The normalized spacial score (nSPS) is 13.0. The molecule has 0 spiro atoms. The fraction of sp³-hybridized carbons (Fsp3) is 0.234. The van der Waals surface area contributed by atoms with Gasteiger partial charge in [0.25, 0.3) is 0 Å². The number of ether oxygens (including phenoxy) is 1. The molecule has 0 aliphatic carbocycles. The second-order valence-corrected chi connectivity index (χ2v) is 22.0. The van der Waals surface area contributed by atoms with Crippen LogP contribution in [0.15, 0.2) is 164 Å². The summed E-state index contributed by atoms with van der Waals surface area (Å²) in [5.74, 6) is 2.07. The molecule has 1 aliphatic heterocycles. The quantitative estimate of drug-likeness (QED) is 0.142. The Morgan fingerprint density at radius 1 is 0.486 bits per heavy atom. The van der Waals surface area contributed by atoms with Crippen LogP contribution in [0.4, 0.5) is 22.7 Å². The van der Waals surface area contributed by atoms with Crippen molar-refractivity contribution in [3.63, 3.8) is 0 Å². The molecule has 0 unspecified atom stereocenters. The van der Waals surface area contributed by atoms with Gasteiger partial charge in [0.1, 0.15) is 5.82 Å². The number of aromatic nitrogens is 2. The predicted octanol–water partition coefficient (Wildman–Crippen LogP) is 17.3. The second-order valence-electron chi connectivity index (χ2n) is 22.0. The Labute approximate surface area is 431 Å². The number of hydrogen-bond donors (Lipinski definition) is 0. The summed E-state index contributed by atoms with van der Waals surface area (Å²) in [5, 5.41) is 2.21. The number of pyridine rings is 1. The van der Waals surface area contributed by atoms with Crippen LogP contribution in [0.25, 0.3) is 38.8 Å². The van der Waals surface area contributed by atoms with Crippen LogP contribution >= 0.6 is 0 Å². The molecule has 2 aromatic heterocycles. The van der Waals surface area contributed by atoms with E-state index in [-0.39, 0.29) is 50.2 Å². The van der Waals surface area contributed by atoms with Gasteiger partial charge in [0.2, 0.25) is 0 Å². The van der Waals surface area contributed by atoms with Gasteiger partial charge in [0.15, 0.2) is 0 Å². The summed E-state index contributed by atoms with van der Waals surface area (Å²) in [5.41, 5.74) is 14.1. The largest absolute Gasteiger partial charge is 4.00 e. The van der Waals surface area contributed by atoms with E-state index in [4.69, 9.17) is 9.72 Å². The van der Waals surface area contributed by atoms with Crippen molar-refractivity contribution in [2.75, 3.05) is 9.80 Å². The molecule has 70 heavy (non-hydrogen) atoms. The summed E-state index contributed by atoms with van der Waals surface area (Å²) in [6.45, 7) is 27.1. The molecule has 5 nitrogen and oxygen atoms in total. The van der Waals surface area contributed by atoms with E-state index >= 15 is 0 Å². The molecule has 0 fully saturated rings. The van der Waals surface area contributed by atoms with Crippen LogP contribution < -0.4 is 14.5 Å². The number of hydrogen-bond acceptors (Lipinski definition) is 4. The Balaban J connectivity index is 0.00000329. The minimum atomic E-state index is -0.191. The first-order valence-corrected chi connectivity index (χ1v) is 23.9. The Kier molecular flexibility index (Phi) is 13.4. The third kappa shape index (κ3) is 9.46. The predicted molar refractivity (Wildman–Crippen MR) is 291 cm³/mol. The summed E-state index contributed by atoms with van der Waals surface area (Å²) in [4.78, 5) is 9.56. The Morgan fingerprint density at radius 2 is 1.16 bits per heavy atom. The van der Waals surface area contributed by atoms with Crippen LogP contribution in [0.3, 0.4) is 0 Å². The van der Waals surface area contributed by atoms with Gasteiger partial charge in [-0.1, -0.05) is 173 Å². The average Bonchev–Trinajstić information content (AvgIpc) is 3.86. The SMILES string of the molecule is CC(C)(C)c1cc(Oc2[c-]c3c(cc2)c2cc(-c4ccccc4)ccc2n3-c2cc(C(C)(C)C)ccn2)[c-]c(N2[CH-]N(c3cccc(C(C)(C)c4ccccc4)c3)c3ccc(C(C)(C)C)cc32)c1.[CH3-].[Pt+4]. The van der Waals surface area contributed by atoms with E-state index < -0.39 is 0 Å². The summed E-state index contributed by atoms with van der Waals surface area (Å²) < 4.78 is 9.19. The maximum Gasteiger partial charge on any atom is 4.00 e. The Morgan fingerprint density at radius 3 is 1.86 bits per heavy atom. The summed E-state index contributed by atoms with van der Waals surface area (Å²) >= 11 is 0. The molecule has 356 valence electrons. The van der Waals surface area contributed by atoms with Gasteiger partial charge in [0, 0.05) is 45.7 Å². The Bertz CT molecular complexity index is 3330. The molecular formula is C64H64N4OPt. The second kappa shape index (κ2) is 18.7. The summed E-state index contributed by atoms with van der Waals surface area (Å²) in [6.07, 6.45) is 1.92. The summed E-state index contributed by atoms with van der Waals surface area (Å²) in [6, 6.07) is 64.3. The van der Waals surface area contributed by atoms with Gasteiger partial charge in [-0.25, -0.2) is 4.98 Å². The van der Waals surface area contributed by atoms with Crippen molar-refractivity contribution in [1.29, 1.82) is 0 Å². The minimum absolute atomic E-state index is 0. The molecule has 3 heterocycles. The third-order valence-electron chi connectivity index (χ3n) is 13.7. The number of anilines is 4. The molecule has 0 saturated carbocycles. The van der Waals surface area contributed by atoms with Crippen LogP contribution in [-0.4, -0.2) is 9.55 Å². The molecule has 7 aromatic carbocycles. The van der Waals surface area contributed by atoms with E-state index in [1.54, 1.807) is 0 Å².